The maximum atomic E-state index is 12.6. The van der Waals surface area contributed by atoms with Gasteiger partial charge in [-0.3, -0.25) is 0 Å². The van der Waals surface area contributed by atoms with E-state index in [4.69, 9.17) is 4.42 Å². The minimum absolute atomic E-state index is 0.350. The zero-order valence-corrected chi connectivity index (χ0v) is 12.7. The van der Waals surface area contributed by atoms with Crippen molar-refractivity contribution in [1.29, 1.82) is 0 Å². The number of imidazole rings is 1. The lowest BCUT2D eigenvalue weighted by Crippen LogP contribution is -2.05. The van der Waals surface area contributed by atoms with E-state index >= 15 is 0 Å². The van der Waals surface area contributed by atoms with Crippen molar-refractivity contribution in [3.63, 3.8) is 0 Å². The van der Waals surface area contributed by atoms with E-state index in [0.717, 1.165) is 12.1 Å². The van der Waals surface area contributed by atoms with Crippen LogP contribution in [0.25, 0.3) is 22.6 Å². The van der Waals surface area contributed by atoms with Crippen molar-refractivity contribution < 1.29 is 17.6 Å². The maximum Gasteiger partial charge on any atom is 0.416 e. The number of hydrogen-bond acceptors (Lipinski definition) is 4. The summed E-state index contributed by atoms with van der Waals surface area (Å²) >= 11 is 0. The van der Waals surface area contributed by atoms with Gasteiger partial charge in [0.2, 0.25) is 0 Å². The van der Waals surface area contributed by atoms with Gasteiger partial charge in [-0.2, -0.15) is 13.2 Å². The van der Waals surface area contributed by atoms with E-state index in [9.17, 15) is 13.2 Å². The summed E-state index contributed by atoms with van der Waals surface area (Å²) in [6, 6.07) is 8.56. The molecule has 0 unspecified atom stereocenters. The predicted molar refractivity (Wildman–Crippen MR) is 83.6 cm³/mol. The largest absolute Gasteiger partial charge is 0.463 e. The van der Waals surface area contributed by atoms with E-state index in [-0.39, 0.29) is 0 Å². The van der Waals surface area contributed by atoms with Crippen LogP contribution in [-0.4, -0.2) is 19.5 Å². The average molecular weight is 344 g/mol. The van der Waals surface area contributed by atoms with Gasteiger partial charge >= 0.3 is 6.18 Å². The number of rotatable bonds is 3. The van der Waals surface area contributed by atoms with Crippen LogP contribution in [0.4, 0.5) is 13.2 Å². The summed E-state index contributed by atoms with van der Waals surface area (Å²) in [6.07, 6.45) is 0.197. The summed E-state index contributed by atoms with van der Waals surface area (Å²) in [5.41, 5.74) is 1.77. The fourth-order valence-electron chi connectivity index (χ4n) is 2.59. The molecule has 126 valence electrons. The molecule has 4 aromatic rings. The Bertz CT molecular complexity index is 1000. The van der Waals surface area contributed by atoms with Crippen molar-refractivity contribution in [2.24, 2.45) is 0 Å². The number of nitrogens with zero attached hydrogens (tertiary/aromatic N) is 4. The number of benzene rings is 1. The van der Waals surface area contributed by atoms with Gasteiger partial charge in [-0.05, 0) is 29.8 Å². The molecule has 0 fully saturated rings. The molecule has 3 heterocycles. The molecule has 0 spiro atoms. The van der Waals surface area contributed by atoms with E-state index in [2.05, 4.69) is 15.0 Å². The second-order valence-corrected chi connectivity index (χ2v) is 5.44. The first kappa shape index (κ1) is 15.4. The molecule has 3 aromatic heterocycles. The van der Waals surface area contributed by atoms with Gasteiger partial charge in [0.25, 0.3) is 0 Å². The molecule has 25 heavy (non-hydrogen) atoms. The Morgan fingerprint density at radius 3 is 2.48 bits per heavy atom. The van der Waals surface area contributed by atoms with E-state index in [1.807, 2.05) is 0 Å². The molecule has 4 rings (SSSR count). The Morgan fingerprint density at radius 2 is 1.80 bits per heavy atom. The van der Waals surface area contributed by atoms with Gasteiger partial charge in [0.15, 0.2) is 11.4 Å². The van der Waals surface area contributed by atoms with E-state index in [1.54, 1.807) is 29.3 Å². The normalized spacial score (nSPS) is 12.0. The number of aromatic nitrogens is 4. The van der Waals surface area contributed by atoms with Crippen LogP contribution >= 0.6 is 0 Å². The highest BCUT2D eigenvalue weighted by atomic mass is 19.4. The first-order valence-electron chi connectivity index (χ1n) is 7.38. The van der Waals surface area contributed by atoms with Gasteiger partial charge in [0.1, 0.15) is 17.5 Å². The highest BCUT2D eigenvalue weighted by Crippen LogP contribution is 2.29. The molecule has 0 atom stereocenters. The van der Waals surface area contributed by atoms with Gasteiger partial charge < -0.3 is 8.98 Å². The molecule has 0 saturated heterocycles. The summed E-state index contributed by atoms with van der Waals surface area (Å²) in [5, 5.41) is 0. The fraction of sp³-hybridized carbons (Fsp3) is 0.118. The summed E-state index contributed by atoms with van der Waals surface area (Å²) in [7, 11) is 0. The molecule has 0 aliphatic heterocycles. The molecular weight excluding hydrogens is 333 g/mol. The van der Waals surface area contributed by atoms with Crippen molar-refractivity contribution in [2.45, 2.75) is 12.7 Å². The second kappa shape index (κ2) is 5.73. The Kier molecular flexibility index (Phi) is 3.52. The van der Waals surface area contributed by atoms with Gasteiger partial charge in [0.05, 0.1) is 24.7 Å². The van der Waals surface area contributed by atoms with E-state index < -0.39 is 11.7 Å². The Hall–Kier alpha value is -3.16. The van der Waals surface area contributed by atoms with Crippen LogP contribution in [0.5, 0.6) is 0 Å². The molecule has 8 heteroatoms. The predicted octanol–water partition coefficient (Wildman–Crippen LogP) is 4.15. The van der Waals surface area contributed by atoms with Crippen LogP contribution in [0, 0.1) is 0 Å². The van der Waals surface area contributed by atoms with E-state index in [0.29, 0.717) is 34.7 Å². The van der Waals surface area contributed by atoms with Gasteiger partial charge in [-0.25, -0.2) is 15.0 Å². The lowest BCUT2D eigenvalue weighted by atomic mass is 10.1. The van der Waals surface area contributed by atoms with E-state index in [1.165, 1.54) is 18.5 Å². The molecule has 0 radical (unpaired) electrons. The van der Waals surface area contributed by atoms with Crippen molar-refractivity contribution in [3.8, 4) is 11.5 Å². The SMILES string of the molecule is FC(F)(F)c1ccc(Cn2cnc3c(-c4ccco4)ncnc32)cc1. The number of hydrogen-bond donors (Lipinski definition) is 0. The zero-order chi connectivity index (χ0) is 17.4. The summed E-state index contributed by atoms with van der Waals surface area (Å²) in [6.45, 7) is 0.350. The van der Waals surface area contributed by atoms with Crippen molar-refractivity contribution in [2.75, 3.05) is 0 Å². The highest BCUT2D eigenvalue weighted by Gasteiger charge is 2.29. The van der Waals surface area contributed by atoms with Gasteiger partial charge in [0, 0.05) is 0 Å². The average Bonchev–Trinajstić information content (AvgIpc) is 3.25. The van der Waals surface area contributed by atoms with Crippen molar-refractivity contribution in [3.05, 3.63) is 66.4 Å². The van der Waals surface area contributed by atoms with Crippen LogP contribution in [-0.2, 0) is 12.7 Å². The standard InChI is InChI=1S/C17H11F3N4O/c18-17(19,20)12-5-3-11(4-6-12)8-24-10-23-15-14(13-2-1-7-25-13)21-9-22-16(15)24/h1-7,9-10H,8H2. The molecule has 0 amide bonds. The zero-order valence-electron chi connectivity index (χ0n) is 12.7. The number of furan rings is 1. The third-order valence-electron chi connectivity index (χ3n) is 3.79. The topological polar surface area (TPSA) is 56.7 Å². The van der Waals surface area contributed by atoms with Gasteiger partial charge in [-0.1, -0.05) is 12.1 Å². The smallest absolute Gasteiger partial charge is 0.416 e. The van der Waals surface area contributed by atoms with Gasteiger partial charge in [-0.15, -0.1) is 0 Å². The number of alkyl halides is 3. The molecule has 0 aliphatic carbocycles. The highest BCUT2D eigenvalue weighted by molar-refractivity contribution is 5.85. The molecule has 0 aliphatic rings. The summed E-state index contributed by atoms with van der Waals surface area (Å²) in [4.78, 5) is 12.8. The Balaban J connectivity index is 1.68. The lowest BCUT2D eigenvalue weighted by Gasteiger charge is -2.08. The fourth-order valence-corrected chi connectivity index (χ4v) is 2.59. The second-order valence-electron chi connectivity index (χ2n) is 5.44. The third-order valence-corrected chi connectivity index (χ3v) is 3.79. The Morgan fingerprint density at radius 1 is 1.00 bits per heavy atom. The maximum absolute atomic E-state index is 12.6. The molecular formula is C17H11F3N4O. The quantitative estimate of drug-likeness (QED) is 0.560. The molecule has 5 nitrogen and oxygen atoms in total. The van der Waals surface area contributed by atoms with Crippen LogP contribution in [0.2, 0.25) is 0 Å². The Labute approximate surface area is 139 Å². The first-order valence-corrected chi connectivity index (χ1v) is 7.38. The van der Waals surface area contributed by atoms with Crippen LogP contribution in [0.3, 0.4) is 0 Å². The monoisotopic (exact) mass is 344 g/mol. The molecule has 0 saturated carbocycles. The minimum atomic E-state index is -4.34. The molecule has 0 bridgehead atoms. The number of fused-ring (bicyclic) bond motifs is 1. The summed E-state index contributed by atoms with van der Waals surface area (Å²) < 4.78 is 45.0. The van der Waals surface area contributed by atoms with Crippen molar-refractivity contribution in [1.82, 2.24) is 19.5 Å². The molecule has 1 aromatic carbocycles. The van der Waals surface area contributed by atoms with Crippen LogP contribution < -0.4 is 0 Å². The molecule has 0 N–H and O–H groups in total. The van der Waals surface area contributed by atoms with Crippen LogP contribution in [0.15, 0.2) is 59.7 Å². The third kappa shape index (κ3) is 2.86. The number of halogens is 3. The van der Waals surface area contributed by atoms with Crippen LogP contribution in [0.1, 0.15) is 11.1 Å². The van der Waals surface area contributed by atoms with Crippen molar-refractivity contribution >= 4 is 11.2 Å². The lowest BCUT2D eigenvalue weighted by molar-refractivity contribution is -0.137. The minimum Gasteiger partial charge on any atom is -0.463 e. The first-order chi connectivity index (χ1) is 12.0. The summed E-state index contributed by atoms with van der Waals surface area (Å²) in [5.74, 6) is 0.576.